The van der Waals surface area contributed by atoms with Crippen molar-refractivity contribution in [1.82, 2.24) is 4.67 Å². The van der Waals surface area contributed by atoms with Crippen LogP contribution in [-0.4, -0.2) is 63.6 Å². The lowest BCUT2D eigenvalue weighted by molar-refractivity contribution is -0.0128. The Kier molecular flexibility index (Phi) is 8.00. The van der Waals surface area contributed by atoms with E-state index in [4.69, 9.17) is 18.5 Å². The van der Waals surface area contributed by atoms with Crippen LogP contribution in [0.5, 0.6) is 0 Å². The van der Waals surface area contributed by atoms with Crippen LogP contribution in [0, 0.1) is 11.8 Å². The van der Waals surface area contributed by atoms with Gasteiger partial charge in [-0.3, -0.25) is 0 Å². The molecule has 1 aromatic rings. The molecule has 2 aliphatic heterocycles. The number of ether oxygens (including phenoxy) is 2. The molecule has 0 saturated carbocycles. The van der Waals surface area contributed by atoms with Crippen molar-refractivity contribution in [2.24, 2.45) is 11.8 Å². The fourth-order valence-corrected chi connectivity index (χ4v) is 7.95. The normalized spacial score (nSPS) is 35.4. The molecule has 0 amide bonds. The highest BCUT2D eigenvalue weighted by atomic mass is 79.9. The highest BCUT2D eigenvalue weighted by molar-refractivity contribution is 9.10. The van der Waals surface area contributed by atoms with Crippen molar-refractivity contribution in [2.75, 3.05) is 20.8 Å². The van der Waals surface area contributed by atoms with Crippen molar-refractivity contribution in [2.45, 2.75) is 62.4 Å². The number of methoxy groups -OCH3 is 1. The summed E-state index contributed by atoms with van der Waals surface area (Å²) < 4.78 is 53.4. The number of hydrogen-bond acceptors (Lipinski definition) is 7. The summed E-state index contributed by atoms with van der Waals surface area (Å²) in [5.74, 6) is -0.0252. The number of nitrogens with zero attached hydrogens (tertiary/aromatic N) is 1. The molecule has 170 valence electrons. The monoisotopic (exact) mass is 523 g/mol. The van der Waals surface area contributed by atoms with Crippen LogP contribution in [0.1, 0.15) is 27.7 Å². The van der Waals surface area contributed by atoms with Crippen molar-refractivity contribution in [1.29, 1.82) is 0 Å². The molecule has 2 saturated heterocycles. The largest absolute Gasteiger partial charge is 0.382 e. The minimum atomic E-state index is -3.70. The molecular weight excluding hydrogens is 493 g/mol. The Morgan fingerprint density at radius 1 is 1.23 bits per heavy atom. The van der Waals surface area contributed by atoms with E-state index < -0.39 is 36.0 Å². The molecule has 1 aromatic carbocycles. The molecule has 2 heterocycles. The maximum atomic E-state index is 13.3. The van der Waals surface area contributed by atoms with Crippen LogP contribution in [0.3, 0.4) is 0 Å². The number of hydrogen-bond donors (Lipinski definition) is 0. The molecule has 7 atom stereocenters. The number of rotatable bonds is 7. The zero-order chi connectivity index (χ0) is 22.2. The van der Waals surface area contributed by atoms with Gasteiger partial charge in [0, 0.05) is 23.5 Å². The van der Waals surface area contributed by atoms with Gasteiger partial charge >= 0.3 is 0 Å². The number of sulfone groups is 1. The first-order chi connectivity index (χ1) is 14.1. The highest BCUT2D eigenvalue weighted by Gasteiger charge is 2.52. The number of halogens is 1. The van der Waals surface area contributed by atoms with E-state index in [1.54, 1.807) is 31.4 Å². The molecular formula is C20H31BrNO6PS. The fraction of sp³-hybridized carbons (Fsp3) is 0.700. The summed E-state index contributed by atoms with van der Waals surface area (Å²) in [4.78, 5) is 0.229. The van der Waals surface area contributed by atoms with Gasteiger partial charge in [0.25, 0.3) is 8.53 Å². The molecule has 30 heavy (non-hydrogen) atoms. The van der Waals surface area contributed by atoms with Gasteiger partial charge in [-0.25, -0.2) is 13.1 Å². The van der Waals surface area contributed by atoms with Crippen LogP contribution in [0.25, 0.3) is 0 Å². The molecule has 2 aliphatic rings. The molecule has 0 aliphatic carbocycles. The van der Waals surface area contributed by atoms with E-state index in [-0.39, 0.29) is 29.6 Å². The molecule has 0 spiro atoms. The SMILES string of the molecule is COC[C@H]1O[C@@H](S(=O)(=O)c2ccc(Br)cc2)C(C)[C@H]1OP1OC(C(C)C)C(C)N1C. The first kappa shape index (κ1) is 24.5. The van der Waals surface area contributed by atoms with E-state index in [1.165, 1.54) is 0 Å². The molecule has 0 aromatic heterocycles. The maximum absolute atomic E-state index is 13.3. The predicted molar refractivity (Wildman–Crippen MR) is 120 cm³/mol. The third-order valence-electron chi connectivity index (χ3n) is 5.81. The average Bonchev–Trinajstić information content (AvgIpc) is 3.15. The third-order valence-corrected chi connectivity index (χ3v) is 10.1. The zero-order valence-corrected chi connectivity index (χ0v) is 21.5. The van der Waals surface area contributed by atoms with Crippen LogP contribution in [0.15, 0.2) is 33.6 Å². The minimum Gasteiger partial charge on any atom is -0.382 e. The Balaban J connectivity index is 1.82. The summed E-state index contributed by atoms with van der Waals surface area (Å²) in [6, 6.07) is 6.82. The Morgan fingerprint density at radius 2 is 1.87 bits per heavy atom. The molecule has 4 unspecified atom stereocenters. The molecule has 10 heteroatoms. The third kappa shape index (κ3) is 4.79. The van der Waals surface area contributed by atoms with Crippen molar-refractivity contribution in [3.05, 3.63) is 28.7 Å². The summed E-state index contributed by atoms with van der Waals surface area (Å²) in [5.41, 5.74) is -1.01. The van der Waals surface area contributed by atoms with Gasteiger partial charge in [-0.05, 0) is 44.2 Å². The van der Waals surface area contributed by atoms with E-state index in [9.17, 15) is 8.42 Å². The summed E-state index contributed by atoms with van der Waals surface area (Å²) in [6.07, 6.45) is -0.873. The fourth-order valence-electron chi connectivity index (χ4n) is 3.95. The Bertz CT molecular complexity index is 823. The predicted octanol–water partition coefficient (Wildman–Crippen LogP) is 4.22. The summed E-state index contributed by atoms with van der Waals surface area (Å²) in [5, 5.41) is 0. The van der Waals surface area contributed by atoms with E-state index >= 15 is 0 Å². The highest BCUT2D eigenvalue weighted by Crippen LogP contribution is 2.55. The smallest absolute Gasteiger partial charge is 0.259 e. The minimum absolute atomic E-state index is 0.0712. The van der Waals surface area contributed by atoms with Crippen LogP contribution in [-0.2, 0) is 28.4 Å². The standard InChI is InChI=1S/C20H31BrNO6PS/c1-12(2)18-14(4)22(5)29(27-18)28-19-13(3)20(26-17(19)11-25-6)30(23,24)16-9-7-15(21)8-10-16/h7-10,12-14,17-20H,11H2,1-6H3/t13?,14?,17-,18?,19-,20+,29?/m1/s1. The van der Waals surface area contributed by atoms with Crippen LogP contribution in [0.4, 0.5) is 0 Å². The van der Waals surface area contributed by atoms with Gasteiger partial charge in [-0.1, -0.05) is 36.7 Å². The molecule has 3 rings (SSSR count). The second-order valence-electron chi connectivity index (χ2n) is 8.29. The molecule has 2 fully saturated rings. The van der Waals surface area contributed by atoms with Crippen molar-refractivity contribution in [3.8, 4) is 0 Å². The van der Waals surface area contributed by atoms with Crippen LogP contribution < -0.4 is 0 Å². The van der Waals surface area contributed by atoms with Crippen LogP contribution >= 0.6 is 24.5 Å². The second kappa shape index (κ2) is 9.79. The first-order valence-electron chi connectivity index (χ1n) is 10.1. The average molecular weight is 524 g/mol. The Labute approximate surface area is 189 Å². The van der Waals surface area contributed by atoms with E-state index in [0.717, 1.165) is 4.47 Å². The Morgan fingerprint density at radius 3 is 2.40 bits per heavy atom. The first-order valence-corrected chi connectivity index (χ1v) is 13.5. The second-order valence-corrected chi connectivity index (χ2v) is 12.8. The number of likely N-dealkylation sites (N-methyl/N-ethyl adjacent to an activating group) is 1. The van der Waals surface area contributed by atoms with Crippen molar-refractivity contribution >= 4 is 34.3 Å². The van der Waals surface area contributed by atoms with E-state index in [1.807, 2.05) is 14.0 Å². The topological polar surface area (TPSA) is 74.3 Å². The lowest BCUT2D eigenvalue weighted by Crippen LogP contribution is -2.34. The summed E-state index contributed by atoms with van der Waals surface area (Å²) in [7, 11) is -1.45. The van der Waals surface area contributed by atoms with Gasteiger partial charge in [0.2, 0.25) is 9.84 Å². The van der Waals surface area contributed by atoms with Gasteiger partial charge in [0.1, 0.15) is 12.2 Å². The lowest BCUT2D eigenvalue weighted by atomic mass is 10.0. The molecule has 7 nitrogen and oxygen atoms in total. The van der Waals surface area contributed by atoms with Gasteiger partial charge in [-0.2, -0.15) is 0 Å². The van der Waals surface area contributed by atoms with Gasteiger partial charge < -0.3 is 18.5 Å². The molecule has 0 bridgehead atoms. The molecule has 0 N–H and O–H groups in total. The van der Waals surface area contributed by atoms with Gasteiger partial charge in [0.05, 0.1) is 17.6 Å². The lowest BCUT2D eigenvalue weighted by Gasteiger charge is -2.27. The van der Waals surface area contributed by atoms with Crippen molar-refractivity contribution < 1.29 is 26.9 Å². The van der Waals surface area contributed by atoms with Crippen LogP contribution in [0.2, 0.25) is 0 Å². The zero-order valence-electron chi connectivity index (χ0n) is 18.2. The van der Waals surface area contributed by atoms with Gasteiger partial charge in [-0.15, -0.1) is 0 Å². The maximum Gasteiger partial charge on any atom is 0.259 e. The summed E-state index contributed by atoms with van der Waals surface area (Å²) in [6.45, 7) is 8.49. The van der Waals surface area contributed by atoms with E-state index in [0.29, 0.717) is 5.92 Å². The van der Waals surface area contributed by atoms with E-state index in [2.05, 4.69) is 41.4 Å². The summed E-state index contributed by atoms with van der Waals surface area (Å²) >= 11 is 3.34. The van der Waals surface area contributed by atoms with Gasteiger partial charge in [0.15, 0.2) is 5.44 Å². The quantitative estimate of drug-likeness (QED) is 0.495. The Hall–Kier alpha value is -0.120. The number of benzene rings is 1. The van der Waals surface area contributed by atoms with Crippen molar-refractivity contribution in [3.63, 3.8) is 0 Å². The molecule has 0 radical (unpaired) electrons.